The van der Waals surface area contributed by atoms with Crippen molar-refractivity contribution >= 4 is 28.5 Å². The van der Waals surface area contributed by atoms with Crippen LogP contribution in [0.1, 0.15) is 45.7 Å². The molecule has 0 N–H and O–H groups in total. The van der Waals surface area contributed by atoms with Crippen LogP contribution in [0.25, 0.3) is 16.6 Å². The number of aromatic nitrogens is 2. The van der Waals surface area contributed by atoms with E-state index >= 15 is 0 Å². The van der Waals surface area contributed by atoms with Gasteiger partial charge in [-0.25, -0.2) is 0 Å². The maximum atomic E-state index is 12.9. The van der Waals surface area contributed by atoms with Crippen molar-refractivity contribution in [1.29, 1.82) is 0 Å². The third kappa shape index (κ3) is 5.63. The van der Waals surface area contributed by atoms with E-state index in [1.165, 1.54) is 16.9 Å². The Kier molecular flexibility index (Phi) is 6.83. The van der Waals surface area contributed by atoms with E-state index in [0.29, 0.717) is 17.6 Å². The molecule has 3 aromatic rings. The lowest BCUT2D eigenvalue weighted by molar-refractivity contribution is -0.114. The van der Waals surface area contributed by atoms with Crippen molar-refractivity contribution in [2.45, 2.75) is 40.0 Å². The van der Waals surface area contributed by atoms with E-state index in [-0.39, 0.29) is 11.3 Å². The summed E-state index contributed by atoms with van der Waals surface area (Å²) < 4.78 is 0. The molecule has 0 atom stereocenters. The molecule has 0 aliphatic heterocycles. The molecule has 0 radical (unpaired) electrons. The Balaban J connectivity index is 1.82. The minimum atomic E-state index is -0.0849. The zero-order valence-electron chi connectivity index (χ0n) is 18.3. The first-order valence-electron chi connectivity index (χ1n) is 10.2. The van der Waals surface area contributed by atoms with Crippen molar-refractivity contribution in [3.63, 3.8) is 0 Å². The van der Waals surface area contributed by atoms with Gasteiger partial charge in [0, 0.05) is 18.2 Å². The Hall–Kier alpha value is -2.79. The number of amides is 1. The van der Waals surface area contributed by atoms with Gasteiger partial charge in [0.15, 0.2) is 0 Å². The van der Waals surface area contributed by atoms with Crippen LogP contribution < -0.4 is 4.90 Å². The molecule has 30 heavy (non-hydrogen) atoms. The van der Waals surface area contributed by atoms with E-state index in [0.717, 1.165) is 16.1 Å². The predicted molar refractivity (Wildman–Crippen MR) is 127 cm³/mol. The highest BCUT2D eigenvalue weighted by molar-refractivity contribution is 7.18. The highest BCUT2D eigenvalue weighted by Crippen LogP contribution is 2.31. The van der Waals surface area contributed by atoms with E-state index in [2.05, 4.69) is 69.1 Å². The van der Waals surface area contributed by atoms with Gasteiger partial charge in [-0.2, -0.15) is 0 Å². The monoisotopic (exact) mass is 419 g/mol. The molecule has 1 aromatic heterocycles. The second-order valence-electron chi connectivity index (χ2n) is 8.80. The van der Waals surface area contributed by atoms with Crippen LogP contribution in [0.5, 0.6) is 0 Å². The number of anilines is 1. The summed E-state index contributed by atoms with van der Waals surface area (Å²) in [6, 6.07) is 18.2. The third-order valence-electron chi connectivity index (χ3n) is 4.67. The molecule has 3 rings (SSSR count). The van der Waals surface area contributed by atoms with Gasteiger partial charge in [-0.05, 0) is 28.5 Å². The van der Waals surface area contributed by atoms with E-state index in [9.17, 15) is 4.79 Å². The highest BCUT2D eigenvalue weighted by atomic mass is 32.1. The van der Waals surface area contributed by atoms with Crippen LogP contribution in [-0.2, 0) is 10.2 Å². The molecule has 2 aromatic carbocycles. The molecule has 0 aliphatic carbocycles. The number of rotatable bonds is 6. The fourth-order valence-electron chi connectivity index (χ4n) is 3.00. The zero-order valence-corrected chi connectivity index (χ0v) is 19.1. The van der Waals surface area contributed by atoms with Gasteiger partial charge in [0.1, 0.15) is 5.01 Å². The summed E-state index contributed by atoms with van der Waals surface area (Å²) in [4.78, 5) is 14.6. The standard InChI is InChI=1S/C25H29N3OS/c1-18(2)17-28(22(29)16-11-19-9-7-6-8-10-19)24-27-26-23(30-24)20-12-14-21(15-13-20)25(3,4)5/h6-16,18H,17H2,1-5H3/b16-11+. The summed E-state index contributed by atoms with van der Waals surface area (Å²) in [7, 11) is 0. The van der Waals surface area contributed by atoms with Gasteiger partial charge in [0.2, 0.25) is 5.13 Å². The maximum Gasteiger partial charge on any atom is 0.252 e. The molecule has 0 spiro atoms. The van der Waals surface area contributed by atoms with Crippen molar-refractivity contribution < 1.29 is 4.79 Å². The summed E-state index contributed by atoms with van der Waals surface area (Å²) in [5, 5.41) is 10.1. The van der Waals surface area contributed by atoms with E-state index in [1.54, 1.807) is 11.0 Å². The highest BCUT2D eigenvalue weighted by Gasteiger charge is 2.20. The molecule has 4 nitrogen and oxygen atoms in total. The first-order valence-corrected chi connectivity index (χ1v) is 11.0. The zero-order chi connectivity index (χ0) is 21.7. The van der Waals surface area contributed by atoms with Crippen molar-refractivity contribution in [3.8, 4) is 10.6 Å². The lowest BCUT2D eigenvalue weighted by Crippen LogP contribution is -2.32. The van der Waals surface area contributed by atoms with Gasteiger partial charge in [-0.3, -0.25) is 9.69 Å². The number of benzene rings is 2. The van der Waals surface area contributed by atoms with Crippen LogP contribution in [0.2, 0.25) is 0 Å². The number of hydrogen-bond donors (Lipinski definition) is 0. The van der Waals surface area contributed by atoms with Crippen LogP contribution >= 0.6 is 11.3 Å². The Bertz CT molecular complexity index is 999. The molecule has 0 fully saturated rings. The van der Waals surface area contributed by atoms with Crippen LogP contribution in [0.3, 0.4) is 0 Å². The van der Waals surface area contributed by atoms with Gasteiger partial charge in [-0.1, -0.05) is 101 Å². The van der Waals surface area contributed by atoms with Gasteiger partial charge in [0.05, 0.1) is 0 Å². The molecule has 0 unspecified atom stereocenters. The first kappa shape index (κ1) is 21.9. The smallest absolute Gasteiger partial charge is 0.252 e. The number of carbonyl (C=O) groups is 1. The Morgan fingerprint density at radius 3 is 2.30 bits per heavy atom. The molecule has 1 amide bonds. The van der Waals surface area contributed by atoms with Gasteiger partial charge in [0.25, 0.3) is 5.91 Å². The molecule has 0 saturated heterocycles. The summed E-state index contributed by atoms with van der Waals surface area (Å²) in [6.45, 7) is 11.4. The second kappa shape index (κ2) is 9.35. The largest absolute Gasteiger partial charge is 0.283 e. The molecule has 1 heterocycles. The first-order chi connectivity index (χ1) is 14.2. The summed E-state index contributed by atoms with van der Waals surface area (Å²) >= 11 is 1.45. The van der Waals surface area contributed by atoms with Gasteiger partial charge < -0.3 is 0 Å². The van der Waals surface area contributed by atoms with Crippen molar-refractivity contribution in [1.82, 2.24) is 10.2 Å². The van der Waals surface area contributed by atoms with Crippen LogP contribution in [-0.4, -0.2) is 22.6 Å². The second-order valence-corrected chi connectivity index (χ2v) is 9.76. The minimum absolute atomic E-state index is 0.0849. The van der Waals surface area contributed by atoms with E-state index in [1.807, 2.05) is 36.4 Å². The SMILES string of the molecule is CC(C)CN(C(=O)/C=C/c1ccccc1)c1nnc(-c2ccc(C(C)(C)C)cc2)s1. The fraction of sp³-hybridized carbons (Fsp3) is 0.320. The summed E-state index contributed by atoms with van der Waals surface area (Å²) in [5.74, 6) is 0.232. The molecule has 0 aliphatic rings. The van der Waals surface area contributed by atoms with Crippen molar-refractivity contribution in [2.75, 3.05) is 11.4 Å². The average Bonchev–Trinajstić information content (AvgIpc) is 3.20. The van der Waals surface area contributed by atoms with Crippen LogP contribution in [0, 0.1) is 5.92 Å². The lowest BCUT2D eigenvalue weighted by Gasteiger charge is -2.19. The molecule has 5 heteroatoms. The van der Waals surface area contributed by atoms with Crippen molar-refractivity contribution in [3.05, 3.63) is 71.8 Å². The Morgan fingerprint density at radius 1 is 1.03 bits per heavy atom. The number of hydrogen-bond acceptors (Lipinski definition) is 4. The lowest BCUT2D eigenvalue weighted by atomic mass is 9.87. The summed E-state index contributed by atoms with van der Waals surface area (Å²) in [6.07, 6.45) is 3.44. The van der Waals surface area contributed by atoms with E-state index in [4.69, 9.17) is 0 Å². The maximum absolute atomic E-state index is 12.9. The van der Waals surface area contributed by atoms with Gasteiger partial charge >= 0.3 is 0 Å². The molecule has 0 saturated carbocycles. The number of carbonyl (C=O) groups excluding carboxylic acids is 1. The molecule has 156 valence electrons. The summed E-state index contributed by atoms with van der Waals surface area (Å²) in [5.41, 5.74) is 3.39. The third-order valence-corrected chi connectivity index (χ3v) is 5.67. The quantitative estimate of drug-likeness (QED) is 0.447. The molecule has 0 bridgehead atoms. The Labute approximate surface area is 183 Å². The average molecular weight is 420 g/mol. The molecular formula is C25H29N3OS. The van der Waals surface area contributed by atoms with Crippen LogP contribution in [0.15, 0.2) is 60.7 Å². The predicted octanol–water partition coefficient (Wildman–Crippen LogP) is 6.21. The van der Waals surface area contributed by atoms with E-state index < -0.39 is 0 Å². The van der Waals surface area contributed by atoms with Crippen molar-refractivity contribution in [2.24, 2.45) is 5.92 Å². The molecular weight excluding hydrogens is 390 g/mol. The Morgan fingerprint density at radius 2 is 1.70 bits per heavy atom. The van der Waals surface area contributed by atoms with Gasteiger partial charge in [-0.15, -0.1) is 10.2 Å². The number of nitrogens with zero attached hydrogens (tertiary/aromatic N) is 3. The normalized spacial score (nSPS) is 11.9. The fourth-order valence-corrected chi connectivity index (χ4v) is 3.87. The van der Waals surface area contributed by atoms with Crippen LogP contribution in [0.4, 0.5) is 5.13 Å². The minimum Gasteiger partial charge on any atom is -0.283 e. The topological polar surface area (TPSA) is 46.1 Å².